The summed E-state index contributed by atoms with van der Waals surface area (Å²) in [6, 6.07) is 24.1. The van der Waals surface area contributed by atoms with Crippen LogP contribution in [0, 0.1) is 18.3 Å². The van der Waals surface area contributed by atoms with E-state index in [0.29, 0.717) is 37.8 Å². The number of hydrogen-bond donors (Lipinski definition) is 0. The fourth-order valence-electron chi connectivity index (χ4n) is 6.94. The van der Waals surface area contributed by atoms with Gasteiger partial charge in [0.15, 0.2) is 0 Å². The number of piperazine rings is 1. The molecule has 3 aromatic carbocycles. The number of fused-ring (bicyclic) bond motifs is 2. The Morgan fingerprint density at radius 1 is 0.979 bits per heavy atom. The van der Waals surface area contributed by atoms with Crippen LogP contribution in [0.1, 0.15) is 46.4 Å². The van der Waals surface area contributed by atoms with Crippen molar-refractivity contribution in [1.82, 2.24) is 19.9 Å². The molecule has 0 unspecified atom stereocenters. The fraction of sp³-hybridized carbons (Fsp3) is 0.351. The van der Waals surface area contributed by atoms with Crippen molar-refractivity contribution in [2.75, 3.05) is 49.6 Å². The van der Waals surface area contributed by atoms with E-state index in [-0.39, 0.29) is 12.5 Å². The van der Waals surface area contributed by atoms with E-state index in [0.717, 1.165) is 55.1 Å². The number of hydrogen-bond acceptors (Lipinski definition) is 10. The van der Waals surface area contributed by atoms with Gasteiger partial charge in [-0.05, 0) is 55.3 Å². The van der Waals surface area contributed by atoms with Crippen LogP contribution in [0.4, 0.5) is 11.5 Å². The lowest BCUT2D eigenvalue weighted by molar-refractivity contribution is -0.140. The van der Waals surface area contributed by atoms with Crippen molar-refractivity contribution in [1.29, 1.82) is 5.26 Å². The number of anilines is 2. The predicted octanol–water partition coefficient (Wildman–Crippen LogP) is 5.62. The molecule has 4 aromatic rings. The summed E-state index contributed by atoms with van der Waals surface area (Å²) < 4.78 is 6.18. The lowest BCUT2D eigenvalue weighted by Crippen LogP contribution is -2.54. The second kappa shape index (κ2) is 13.3. The van der Waals surface area contributed by atoms with Crippen molar-refractivity contribution in [3.8, 4) is 12.1 Å². The Labute approximate surface area is 275 Å². The average molecular weight is 630 g/mol. The zero-order chi connectivity index (χ0) is 32.3. The molecule has 0 amide bonds. The zero-order valence-electron chi connectivity index (χ0n) is 26.9. The van der Waals surface area contributed by atoms with Gasteiger partial charge in [0, 0.05) is 55.6 Å². The monoisotopic (exact) mass is 629 g/mol. The molecule has 47 heavy (non-hydrogen) atoms. The number of nitriles is 1. The molecule has 3 aliphatic rings. The number of aromatic nitrogens is 2. The van der Waals surface area contributed by atoms with Gasteiger partial charge >= 0.3 is 12.0 Å². The maximum atomic E-state index is 12.9. The van der Waals surface area contributed by atoms with Crippen LogP contribution in [0.15, 0.2) is 78.7 Å². The Morgan fingerprint density at radius 2 is 1.81 bits per heavy atom. The van der Waals surface area contributed by atoms with Crippen LogP contribution in [0.5, 0.6) is 6.01 Å². The summed E-state index contributed by atoms with van der Waals surface area (Å²) in [4.78, 5) is 35.5. The van der Waals surface area contributed by atoms with Crippen molar-refractivity contribution >= 4 is 28.2 Å². The Morgan fingerprint density at radius 3 is 2.60 bits per heavy atom. The second-order valence-corrected chi connectivity index (χ2v) is 12.5. The third-order valence-corrected chi connectivity index (χ3v) is 9.44. The molecule has 0 N–H and O–H groups in total. The molecule has 1 atom stereocenters. The minimum absolute atomic E-state index is 0.210. The van der Waals surface area contributed by atoms with Crippen LogP contribution in [0.2, 0.25) is 0 Å². The van der Waals surface area contributed by atoms with Crippen LogP contribution in [0.3, 0.4) is 0 Å². The predicted molar refractivity (Wildman–Crippen MR) is 181 cm³/mol. The van der Waals surface area contributed by atoms with Gasteiger partial charge < -0.3 is 24.3 Å². The summed E-state index contributed by atoms with van der Waals surface area (Å²) in [5, 5.41) is 13.9. The molecule has 0 radical (unpaired) electrons. The summed E-state index contributed by atoms with van der Waals surface area (Å²) in [7, 11) is 2.07. The van der Waals surface area contributed by atoms with Gasteiger partial charge in [0.25, 0.3) is 0 Å². The number of allylic oxidation sites excluding steroid dienone is 1. The van der Waals surface area contributed by atoms with E-state index in [9.17, 15) is 10.1 Å². The average Bonchev–Trinajstić information content (AvgIpc) is 3.52. The maximum Gasteiger partial charge on any atom is 0.357 e. The van der Waals surface area contributed by atoms with Gasteiger partial charge in [0.2, 0.25) is 0 Å². The Bertz CT molecular complexity index is 1850. The van der Waals surface area contributed by atoms with E-state index in [4.69, 9.17) is 19.5 Å². The fourth-order valence-corrected chi connectivity index (χ4v) is 6.94. The summed E-state index contributed by atoms with van der Waals surface area (Å²) in [5.74, 6) is 0.402. The van der Waals surface area contributed by atoms with Gasteiger partial charge in [-0.25, -0.2) is 4.79 Å². The summed E-state index contributed by atoms with van der Waals surface area (Å²) in [6.07, 6.45) is 4.82. The van der Waals surface area contributed by atoms with Gasteiger partial charge in [0.1, 0.15) is 12.1 Å². The summed E-state index contributed by atoms with van der Waals surface area (Å²) in [6.45, 7) is 6.11. The molecule has 0 spiro atoms. The van der Waals surface area contributed by atoms with Crippen molar-refractivity contribution in [2.24, 2.45) is 0 Å². The van der Waals surface area contributed by atoms with E-state index < -0.39 is 5.97 Å². The van der Waals surface area contributed by atoms with Crippen molar-refractivity contribution in [3.05, 3.63) is 101 Å². The van der Waals surface area contributed by atoms with Gasteiger partial charge in [-0.2, -0.15) is 15.2 Å². The number of carbonyl (C=O) groups is 1. The van der Waals surface area contributed by atoms with Crippen molar-refractivity contribution in [3.63, 3.8) is 0 Å². The molecule has 0 aliphatic carbocycles. The minimum Gasteiger partial charge on any atom is -0.430 e. The number of nitrogens with zero attached hydrogens (tertiary/aromatic N) is 7. The van der Waals surface area contributed by atoms with E-state index in [2.05, 4.69) is 71.1 Å². The SMILES string of the molecule is Cc1cccc2cccc(N3CCc4c(nc(O/C=C5/CCCN5C)nc4N4CCN(OC(=O)c5ccccc5)[C@@H](CC#N)C4)C3)c12. The number of carbonyl (C=O) groups excluding carboxylic acids is 1. The van der Waals surface area contributed by atoms with Crippen LogP contribution in [0.25, 0.3) is 10.8 Å². The van der Waals surface area contributed by atoms with Crippen molar-refractivity contribution in [2.45, 2.75) is 45.2 Å². The topological polar surface area (TPSA) is 98.1 Å². The lowest BCUT2D eigenvalue weighted by atomic mass is 9.99. The highest BCUT2D eigenvalue weighted by molar-refractivity contribution is 5.97. The molecule has 2 saturated heterocycles. The summed E-state index contributed by atoms with van der Waals surface area (Å²) >= 11 is 0. The molecular formula is C37H39N7O3. The Balaban J connectivity index is 1.19. The lowest BCUT2D eigenvalue weighted by Gasteiger charge is -2.41. The molecule has 240 valence electrons. The van der Waals surface area contributed by atoms with Gasteiger partial charge in [-0.15, -0.1) is 5.06 Å². The number of benzene rings is 3. The quantitative estimate of drug-likeness (QED) is 0.240. The molecule has 10 heteroatoms. The standard InChI is InChI=1S/C37H39N7O3/c1-26-9-6-12-27-13-7-15-33(34(26)27)42-20-17-31-32(24-42)39-37(46-25-30-14-8-19-41(30)2)40-35(31)43-21-22-44(29(23-43)16-18-38)47-36(45)28-10-4-3-5-11-28/h3-7,9-13,15,25,29H,8,14,16-17,19-24H2,1-2H3/b30-25-/t29-/m0/s1. The van der Waals surface area contributed by atoms with Crippen LogP contribution in [-0.2, 0) is 17.8 Å². The Hall–Kier alpha value is -5.14. The number of hydroxylamine groups is 2. The molecule has 10 nitrogen and oxygen atoms in total. The highest BCUT2D eigenvalue weighted by Gasteiger charge is 2.34. The van der Waals surface area contributed by atoms with Crippen molar-refractivity contribution < 1.29 is 14.4 Å². The highest BCUT2D eigenvalue weighted by Crippen LogP contribution is 2.36. The highest BCUT2D eigenvalue weighted by atomic mass is 16.7. The van der Waals surface area contributed by atoms with Crippen LogP contribution >= 0.6 is 0 Å². The van der Waals surface area contributed by atoms with Gasteiger partial charge in [-0.3, -0.25) is 0 Å². The smallest absolute Gasteiger partial charge is 0.357 e. The molecule has 3 aliphatic heterocycles. The van der Waals surface area contributed by atoms with E-state index in [1.54, 1.807) is 23.5 Å². The summed E-state index contributed by atoms with van der Waals surface area (Å²) in [5.41, 5.74) is 6.09. The number of ether oxygens (including phenoxy) is 1. The first kappa shape index (κ1) is 30.5. The normalized spacial score (nSPS) is 19.1. The van der Waals surface area contributed by atoms with E-state index in [1.165, 1.54) is 22.0 Å². The largest absolute Gasteiger partial charge is 0.430 e. The Kier molecular flexibility index (Phi) is 8.64. The molecule has 2 fully saturated rings. The third kappa shape index (κ3) is 6.31. The molecule has 0 saturated carbocycles. The third-order valence-electron chi connectivity index (χ3n) is 9.44. The van der Waals surface area contributed by atoms with Gasteiger partial charge in [-0.1, -0.05) is 48.5 Å². The van der Waals surface area contributed by atoms with Crippen LogP contribution < -0.4 is 14.5 Å². The first-order valence-electron chi connectivity index (χ1n) is 16.3. The van der Waals surface area contributed by atoms with E-state index in [1.807, 2.05) is 18.2 Å². The first-order valence-corrected chi connectivity index (χ1v) is 16.3. The zero-order valence-corrected chi connectivity index (χ0v) is 26.9. The van der Waals surface area contributed by atoms with Gasteiger partial charge in [0.05, 0.1) is 42.9 Å². The molecular weight excluding hydrogens is 590 g/mol. The van der Waals surface area contributed by atoms with Crippen LogP contribution in [-0.4, -0.2) is 71.7 Å². The number of rotatable bonds is 7. The molecule has 7 rings (SSSR count). The second-order valence-electron chi connectivity index (χ2n) is 12.5. The minimum atomic E-state index is -0.425. The molecule has 1 aromatic heterocycles. The maximum absolute atomic E-state index is 12.9. The molecule has 0 bridgehead atoms. The first-order chi connectivity index (χ1) is 23.0. The number of likely N-dealkylation sites (tertiary alicyclic amines) is 1. The molecule has 4 heterocycles. The van der Waals surface area contributed by atoms with E-state index >= 15 is 0 Å². The number of aryl methyl sites for hydroxylation is 1.